The molecule has 0 bridgehead atoms. The lowest BCUT2D eigenvalue weighted by atomic mass is 9.89. The average Bonchev–Trinajstić information content (AvgIpc) is 2.73. The van der Waals surface area contributed by atoms with Gasteiger partial charge in [0.2, 0.25) is 5.91 Å². The van der Waals surface area contributed by atoms with Crippen LogP contribution in [0.5, 0.6) is 0 Å². The zero-order valence-corrected chi connectivity index (χ0v) is 11.3. The van der Waals surface area contributed by atoms with Gasteiger partial charge in [-0.25, -0.2) is 0 Å². The van der Waals surface area contributed by atoms with Crippen molar-refractivity contribution in [2.45, 2.75) is 12.1 Å². The van der Waals surface area contributed by atoms with Gasteiger partial charge in [0.15, 0.2) is 0 Å². The number of benzene rings is 2. The van der Waals surface area contributed by atoms with E-state index in [4.69, 9.17) is 11.6 Å². The summed E-state index contributed by atoms with van der Waals surface area (Å²) in [4.78, 5) is 12.1. The van der Waals surface area contributed by atoms with Crippen molar-refractivity contribution in [1.82, 2.24) is 0 Å². The summed E-state index contributed by atoms with van der Waals surface area (Å²) in [5, 5.41) is 2.96. The lowest BCUT2D eigenvalue weighted by Crippen LogP contribution is -2.18. The molecule has 1 heterocycles. The van der Waals surface area contributed by atoms with Crippen molar-refractivity contribution in [2.24, 2.45) is 0 Å². The molecular weight excluding hydrogens is 303 g/mol. The second kappa shape index (κ2) is 4.77. The molecule has 2 nitrogen and oxygen atoms in total. The number of rotatable bonds is 1. The highest BCUT2D eigenvalue weighted by Crippen LogP contribution is 2.43. The van der Waals surface area contributed by atoms with E-state index in [0.717, 1.165) is 6.07 Å². The SMILES string of the molecule is O=C1Nc2ccc(Cl)cc2C1c1ccccc1C(F)(F)F. The van der Waals surface area contributed by atoms with Crippen LogP contribution < -0.4 is 5.32 Å². The summed E-state index contributed by atoms with van der Waals surface area (Å²) in [7, 11) is 0. The molecule has 21 heavy (non-hydrogen) atoms. The van der Waals surface area contributed by atoms with Gasteiger partial charge in [0, 0.05) is 10.7 Å². The molecule has 1 amide bonds. The summed E-state index contributed by atoms with van der Waals surface area (Å²) >= 11 is 5.89. The highest BCUT2D eigenvalue weighted by molar-refractivity contribution is 6.31. The van der Waals surface area contributed by atoms with Crippen LogP contribution >= 0.6 is 11.6 Å². The van der Waals surface area contributed by atoms with Gasteiger partial charge in [-0.05, 0) is 35.4 Å². The first-order valence-corrected chi connectivity index (χ1v) is 6.52. The molecule has 3 rings (SSSR count). The van der Waals surface area contributed by atoms with Crippen LogP contribution in [0, 0.1) is 0 Å². The van der Waals surface area contributed by atoms with Gasteiger partial charge in [0.1, 0.15) is 0 Å². The molecule has 0 saturated heterocycles. The molecule has 0 aromatic heterocycles. The molecule has 0 aliphatic carbocycles. The largest absolute Gasteiger partial charge is 0.416 e. The Bertz CT molecular complexity index is 727. The maximum atomic E-state index is 13.1. The van der Waals surface area contributed by atoms with Gasteiger partial charge in [-0.3, -0.25) is 4.79 Å². The third-order valence-corrected chi connectivity index (χ3v) is 3.66. The van der Waals surface area contributed by atoms with Crippen LogP contribution in [0.3, 0.4) is 0 Å². The first-order chi connectivity index (χ1) is 9.88. The van der Waals surface area contributed by atoms with Gasteiger partial charge in [-0.2, -0.15) is 13.2 Å². The molecule has 0 saturated carbocycles. The monoisotopic (exact) mass is 311 g/mol. The minimum atomic E-state index is -4.52. The van der Waals surface area contributed by atoms with Crippen molar-refractivity contribution in [3.8, 4) is 0 Å². The molecule has 1 aliphatic heterocycles. The van der Waals surface area contributed by atoms with E-state index in [-0.39, 0.29) is 5.56 Å². The van der Waals surface area contributed by atoms with Crippen molar-refractivity contribution < 1.29 is 18.0 Å². The van der Waals surface area contributed by atoms with E-state index >= 15 is 0 Å². The van der Waals surface area contributed by atoms with Gasteiger partial charge in [0.25, 0.3) is 0 Å². The molecule has 1 aliphatic rings. The third-order valence-electron chi connectivity index (χ3n) is 3.42. The number of alkyl halides is 3. The van der Waals surface area contributed by atoms with E-state index in [1.54, 1.807) is 12.1 Å². The van der Waals surface area contributed by atoms with Crippen molar-refractivity contribution >= 4 is 23.2 Å². The molecule has 1 unspecified atom stereocenters. The number of fused-ring (bicyclic) bond motifs is 1. The summed E-state index contributed by atoms with van der Waals surface area (Å²) in [5.74, 6) is -1.49. The van der Waals surface area contributed by atoms with Crippen molar-refractivity contribution in [1.29, 1.82) is 0 Å². The maximum absolute atomic E-state index is 13.1. The van der Waals surface area contributed by atoms with E-state index in [0.29, 0.717) is 16.3 Å². The minimum absolute atomic E-state index is 0.0662. The summed E-state index contributed by atoms with van der Waals surface area (Å²) in [6, 6.07) is 9.78. The number of carbonyl (C=O) groups is 1. The normalized spacial score (nSPS) is 17.5. The highest BCUT2D eigenvalue weighted by atomic mass is 35.5. The standard InChI is InChI=1S/C15H9ClF3NO/c16-8-5-6-12-10(7-8)13(14(21)20-12)9-3-1-2-4-11(9)15(17,18)19/h1-7,13H,(H,20,21). The van der Waals surface area contributed by atoms with Crippen LogP contribution in [-0.2, 0) is 11.0 Å². The molecule has 1 atom stereocenters. The van der Waals surface area contributed by atoms with E-state index < -0.39 is 23.6 Å². The van der Waals surface area contributed by atoms with Gasteiger partial charge in [-0.1, -0.05) is 29.8 Å². The average molecular weight is 312 g/mol. The zero-order chi connectivity index (χ0) is 15.2. The van der Waals surface area contributed by atoms with Crippen LogP contribution in [-0.4, -0.2) is 5.91 Å². The fraction of sp³-hybridized carbons (Fsp3) is 0.133. The molecular formula is C15H9ClF3NO. The lowest BCUT2D eigenvalue weighted by Gasteiger charge is -2.16. The predicted molar refractivity (Wildman–Crippen MR) is 73.4 cm³/mol. The van der Waals surface area contributed by atoms with Crippen molar-refractivity contribution in [2.75, 3.05) is 5.32 Å². The Morgan fingerprint density at radius 3 is 2.48 bits per heavy atom. The summed E-state index contributed by atoms with van der Waals surface area (Å²) in [6.07, 6.45) is -4.52. The number of halogens is 4. The van der Waals surface area contributed by atoms with Crippen LogP contribution in [0.4, 0.5) is 18.9 Å². The highest BCUT2D eigenvalue weighted by Gasteiger charge is 2.40. The van der Waals surface area contributed by atoms with Gasteiger partial charge >= 0.3 is 6.18 Å². The van der Waals surface area contributed by atoms with Crippen LogP contribution in [0.15, 0.2) is 42.5 Å². The quantitative estimate of drug-likeness (QED) is 0.828. The fourth-order valence-corrected chi connectivity index (χ4v) is 2.73. The Hall–Kier alpha value is -2.01. The molecule has 6 heteroatoms. The summed E-state index contributed by atoms with van der Waals surface area (Å²) < 4.78 is 39.4. The lowest BCUT2D eigenvalue weighted by molar-refractivity contribution is -0.138. The van der Waals surface area contributed by atoms with Gasteiger partial charge < -0.3 is 5.32 Å². The zero-order valence-electron chi connectivity index (χ0n) is 10.5. The summed E-state index contributed by atoms with van der Waals surface area (Å²) in [6.45, 7) is 0. The Morgan fingerprint density at radius 1 is 1.05 bits per heavy atom. The summed E-state index contributed by atoms with van der Waals surface area (Å²) in [5.41, 5.74) is 0.0806. The van der Waals surface area contributed by atoms with Gasteiger partial charge in [-0.15, -0.1) is 0 Å². The smallest absolute Gasteiger partial charge is 0.325 e. The molecule has 0 spiro atoms. The first kappa shape index (κ1) is 13.9. The molecule has 0 radical (unpaired) electrons. The Kier molecular flexibility index (Phi) is 3.17. The maximum Gasteiger partial charge on any atom is 0.416 e. The van der Waals surface area contributed by atoms with E-state index in [2.05, 4.69) is 5.32 Å². The molecule has 1 N–H and O–H groups in total. The number of anilines is 1. The van der Waals surface area contributed by atoms with Gasteiger partial charge in [0.05, 0.1) is 11.5 Å². The number of hydrogen-bond donors (Lipinski definition) is 1. The van der Waals surface area contributed by atoms with Crippen LogP contribution in [0.25, 0.3) is 0 Å². The van der Waals surface area contributed by atoms with E-state index in [1.165, 1.54) is 24.3 Å². The Balaban J connectivity index is 2.19. The predicted octanol–water partition coefficient (Wildman–Crippen LogP) is 4.44. The third kappa shape index (κ3) is 2.38. The first-order valence-electron chi connectivity index (χ1n) is 6.14. The van der Waals surface area contributed by atoms with Crippen molar-refractivity contribution in [3.05, 3.63) is 64.2 Å². The van der Waals surface area contributed by atoms with Crippen molar-refractivity contribution in [3.63, 3.8) is 0 Å². The van der Waals surface area contributed by atoms with E-state index in [9.17, 15) is 18.0 Å². The van der Waals surface area contributed by atoms with Crippen LogP contribution in [0.1, 0.15) is 22.6 Å². The number of hydrogen-bond acceptors (Lipinski definition) is 1. The van der Waals surface area contributed by atoms with E-state index in [1.807, 2.05) is 0 Å². The minimum Gasteiger partial charge on any atom is -0.325 e. The second-order valence-electron chi connectivity index (χ2n) is 4.74. The number of nitrogens with one attached hydrogen (secondary N) is 1. The number of carbonyl (C=O) groups excluding carboxylic acids is 1. The second-order valence-corrected chi connectivity index (χ2v) is 5.18. The topological polar surface area (TPSA) is 29.1 Å². The Labute approximate surface area is 123 Å². The molecule has 108 valence electrons. The Morgan fingerprint density at radius 2 is 1.76 bits per heavy atom. The molecule has 2 aromatic rings. The molecule has 0 fully saturated rings. The number of amides is 1. The molecule has 2 aromatic carbocycles. The fourth-order valence-electron chi connectivity index (χ4n) is 2.55. The van der Waals surface area contributed by atoms with Crippen LogP contribution in [0.2, 0.25) is 5.02 Å².